The Kier molecular flexibility index (Phi) is 2.39. The van der Waals surface area contributed by atoms with Gasteiger partial charge in [0.1, 0.15) is 5.60 Å². The zero-order valence-corrected chi connectivity index (χ0v) is 10.9. The average molecular weight is 248 g/mol. The molecule has 0 amide bonds. The molecule has 1 N–H and O–H groups in total. The molecule has 2 aliphatic carbocycles. The molecule has 98 valence electrons. The number of carbonyl (C=O) groups excluding carboxylic acids is 1. The van der Waals surface area contributed by atoms with Crippen molar-refractivity contribution in [3.8, 4) is 0 Å². The van der Waals surface area contributed by atoms with Crippen LogP contribution in [0.2, 0.25) is 0 Å². The van der Waals surface area contributed by atoms with Gasteiger partial charge in [0, 0.05) is 5.41 Å². The summed E-state index contributed by atoms with van der Waals surface area (Å²) >= 11 is 0. The van der Waals surface area contributed by atoms with Crippen molar-refractivity contribution in [1.29, 1.82) is 0 Å². The van der Waals surface area contributed by atoms with Gasteiger partial charge in [-0.25, -0.2) is 0 Å². The zero-order valence-electron chi connectivity index (χ0n) is 10.9. The number of hydrogen-bond acceptors (Lipinski definition) is 3. The number of aliphatic hydroxyl groups excluding tert-OH is 1. The number of Topliss-reactive ketones (excluding diaryl/α,β-unsaturated/α-hetero) is 1. The Balaban J connectivity index is 1.97. The molecule has 3 heteroatoms. The Hall–Kier alpha value is -0.930. The Bertz CT molecular complexity index is 453. The van der Waals surface area contributed by atoms with Crippen molar-refractivity contribution in [2.75, 3.05) is 6.61 Å². The summed E-state index contributed by atoms with van der Waals surface area (Å²) in [5, 5.41) is 9.28. The summed E-state index contributed by atoms with van der Waals surface area (Å²) < 4.78 is 5.69. The van der Waals surface area contributed by atoms with Gasteiger partial charge in [0.15, 0.2) is 11.9 Å². The van der Waals surface area contributed by atoms with E-state index in [1.54, 1.807) is 0 Å². The van der Waals surface area contributed by atoms with Crippen LogP contribution in [0, 0.1) is 11.3 Å². The largest absolute Gasteiger partial charge is 0.392 e. The van der Waals surface area contributed by atoms with E-state index in [4.69, 9.17) is 4.74 Å². The molecule has 2 saturated carbocycles. The Morgan fingerprint density at radius 2 is 2.33 bits per heavy atom. The summed E-state index contributed by atoms with van der Waals surface area (Å²) in [6, 6.07) is 0. The summed E-state index contributed by atoms with van der Waals surface area (Å²) in [4.78, 5) is 12.6. The van der Waals surface area contributed by atoms with Crippen molar-refractivity contribution in [3.63, 3.8) is 0 Å². The molecular formula is C15H20O3. The number of allylic oxidation sites excluding steroid dienone is 1. The van der Waals surface area contributed by atoms with Crippen molar-refractivity contribution >= 4 is 5.78 Å². The molecule has 1 saturated heterocycles. The normalized spacial score (nSPS) is 46.3. The van der Waals surface area contributed by atoms with Crippen LogP contribution in [0.3, 0.4) is 0 Å². The van der Waals surface area contributed by atoms with Crippen molar-refractivity contribution in [1.82, 2.24) is 0 Å². The van der Waals surface area contributed by atoms with E-state index in [0.29, 0.717) is 5.57 Å². The molecule has 0 radical (unpaired) electrons. The summed E-state index contributed by atoms with van der Waals surface area (Å²) in [6.07, 6.45) is 3.36. The van der Waals surface area contributed by atoms with Gasteiger partial charge in [0.2, 0.25) is 0 Å². The standard InChI is InChI=1S/C15H20O3/c1-9-5-4-6-14(3)11(9)7-15(10(2)8-16)13(18-15)12(14)17/h11,13,16H,1-2,4-8H2,3H3/t11-,13-,14-,15-/m0/s1. The molecule has 3 rings (SSSR count). The van der Waals surface area contributed by atoms with Gasteiger partial charge >= 0.3 is 0 Å². The van der Waals surface area contributed by atoms with Gasteiger partial charge in [-0.3, -0.25) is 4.79 Å². The highest BCUT2D eigenvalue weighted by Crippen LogP contribution is 2.61. The number of epoxide rings is 1. The van der Waals surface area contributed by atoms with E-state index in [9.17, 15) is 9.90 Å². The van der Waals surface area contributed by atoms with Crippen molar-refractivity contribution < 1.29 is 14.6 Å². The second-order valence-electron chi connectivity index (χ2n) is 6.20. The minimum atomic E-state index is -0.587. The summed E-state index contributed by atoms with van der Waals surface area (Å²) in [5.41, 5.74) is 0.906. The topological polar surface area (TPSA) is 49.8 Å². The first kappa shape index (κ1) is 12.1. The summed E-state index contributed by atoms with van der Waals surface area (Å²) in [7, 11) is 0. The lowest BCUT2D eigenvalue weighted by molar-refractivity contribution is -0.134. The van der Waals surface area contributed by atoms with E-state index < -0.39 is 5.60 Å². The Morgan fingerprint density at radius 3 is 3.00 bits per heavy atom. The average Bonchev–Trinajstić information content (AvgIpc) is 3.08. The van der Waals surface area contributed by atoms with E-state index in [2.05, 4.69) is 20.1 Å². The molecule has 0 spiro atoms. The van der Waals surface area contributed by atoms with Crippen LogP contribution in [0.4, 0.5) is 0 Å². The number of carbonyl (C=O) groups is 1. The number of ketones is 1. The molecule has 3 aliphatic rings. The predicted octanol–water partition coefficient (Wildman–Crippen LogP) is 2.01. The van der Waals surface area contributed by atoms with Gasteiger partial charge in [-0.1, -0.05) is 25.7 Å². The quantitative estimate of drug-likeness (QED) is 0.600. The zero-order chi connectivity index (χ0) is 13.1. The SMILES string of the molecule is C=C1CCC[C@]2(C)C(=O)[C@@H]3O[C@]3(C(=C)CO)C[C@@H]12. The number of aliphatic hydroxyl groups is 1. The fourth-order valence-corrected chi connectivity index (χ4v) is 3.89. The van der Waals surface area contributed by atoms with E-state index >= 15 is 0 Å². The van der Waals surface area contributed by atoms with Crippen molar-refractivity contribution in [2.24, 2.45) is 11.3 Å². The van der Waals surface area contributed by atoms with Crippen LogP contribution in [-0.2, 0) is 9.53 Å². The van der Waals surface area contributed by atoms with Gasteiger partial charge in [0.25, 0.3) is 0 Å². The number of hydrogen-bond donors (Lipinski definition) is 1. The molecule has 3 fully saturated rings. The van der Waals surface area contributed by atoms with E-state index in [-0.39, 0.29) is 29.8 Å². The fourth-order valence-electron chi connectivity index (χ4n) is 3.89. The molecule has 0 unspecified atom stereocenters. The molecule has 18 heavy (non-hydrogen) atoms. The second-order valence-corrected chi connectivity index (χ2v) is 6.20. The highest BCUT2D eigenvalue weighted by Gasteiger charge is 2.71. The summed E-state index contributed by atoms with van der Waals surface area (Å²) in [6.45, 7) is 9.96. The highest BCUT2D eigenvalue weighted by molar-refractivity contribution is 5.95. The van der Waals surface area contributed by atoms with Gasteiger partial charge in [0.05, 0.1) is 6.61 Å². The maximum atomic E-state index is 12.6. The van der Waals surface area contributed by atoms with Gasteiger partial charge in [-0.2, -0.15) is 0 Å². The third-order valence-corrected chi connectivity index (χ3v) is 5.25. The number of fused-ring (bicyclic) bond motifs is 2. The second kappa shape index (κ2) is 3.55. The van der Waals surface area contributed by atoms with Gasteiger partial charge < -0.3 is 9.84 Å². The van der Waals surface area contributed by atoms with E-state index in [1.165, 1.54) is 0 Å². The monoisotopic (exact) mass is 248 g/mol. The smallest absolute Gasteiger partial charge is 0.171 e. The van der Waals surface area contributed by atoms with Crippen LogP contribution in [0.1, 0.15) is 32.6 Å². The first-order chi connectivity index (χ1) is 8.45. The van der Waals surface area contributed by atoms with Crippen molar-refractivity contribution in [3.05, 3.63) is 24.3 Å². The fraction of sp³-hybridized carbons (Fsp3) is 0.667. The maximum absolute atomic E-state index is 12.6. The molecule has 1 aliphatic heterocycles. The lowest BCUT2D eigenvalue weighted by Gasteiger charge is -2.45. The Labute approximate surface area is 108 Å². The first-order valence-corrected chi connectivity index (χ1v) is 6.64. The van der Waals surface area contributed by atoms with Crippen LogP contribution in [0.5, 0.6) is 0 Å². The summed E-state index contributed by atoms with van der Waals surface area (Å²) in [5.74, 6) is 0.370. The first-order valence-electron chi connectivity index (χ1n) is 6.64. The molecule has 0 aromatic heterocycles. The number of ether oxygens (including phenoxy) is 1. The van der Waals surface area contributed by atoms with Crippen LogP contribution in [0.25, 0.3) is 0 Å². The molecule has 0 aromatic rings. The van der Waals surface area contributed by atoms with E-state index in [0.717, 1.165) is 31.3 Å². The lowest BCUT2D eigenvalue weighted by atomic mass is 9.55. The van der Waals surface area contributed by atoms with Crippen molar-refractivity contribution in [2.45, 2.75) is 44.3 Å². The molecule has 0 aromatic carbocycles. The minimum Gasteiger partial charge on any atom is -0.392 e. The van der Waals surface area contributed by atoms with Gasteiger partial charge in [-0.15, -0.1) is 0 Å². The maximum Gasteiger partial charge on any atom is 0.171 e. The minimum absolute atomic E-state index is 0.111. The molecule has 0 bridgehead atoms. The Morgan fingerprint density at radius 1 is 1.61 bits per heavy atom. The van der Waals surface area contributed by atoms with Crippen LogP contribution < -0.4 is 0 Å². The highest BCUT2D eigenvalue weighted by atomic mass is 16.6. The number of rotatable bonds is 2. The van der Waals surface area contributed by atoms with Crippen LogP contribution >= 0.6 is 0 Å². The molecule has 4 atom stereocenters. The van der Waals surface area contributed by atoms with Crippen LogP contribution in [-0.4, -0.2) is 29.2 Å². The molecular weight excluding hydrogens is 228 g/mol. The van der Waals surface area contributed by atoms with Gasteiger partial charge in [-0.05, 0) is 37.2 Å². The molecule has 1 heterocycles. The lowest BCUT2D eigenvalue weighted by Crippen LogP contribution is -2.50. The third-order valence-electron chi connectivity index (χ3n) is 5.25. The predicted molar refractivity (Wildman–Crippen MR) is 68.0 cm³/mol. The van der Waals surface area contributed by atoms with E-state index in [1.807, 2.05) is 0 Å². The molecule has 3 nitrogen and oxygen atoms in total. The van der Waals surface area contributed by atoms with Crippen LogP contribution in [0.15, 0.2) is 24.3 Å². The third kappa shape index (κ3) is 1.29.